The Bertz CT molecular complexity index is 657. The lowest BCUT2D eigenvalue weighted by Gasteiger charge is -2.11. The number of aryl methyl sites for hydroxylation is 2. The second-order valence-corrected chi connectivity index (χ2v) is 5.89. The molecule has 0 radical (unpaired) electrons. The van der Waals surface area contributed by atoms with E-state index in [4.69, 9.17) is 16.3 Å². The molecule has 2 aromatic rings. The van der Waals surface area contributed by atoms with Crippen LogP contribution < -0.4 is 4.74 Å². The summed E-state index contributed by atoms with van der Waals surface area (Å²) in [6, 6.07) is 8.84. The molecule has 20 heavy (non-hydrogen) atoms. The topological polar surface area (TPSA) is 26.3 Å². The summed E-state index contributed by atoms with van der Waals surface area (Å²) < 4.78 is 6.01. The minimum absolute atomic E-state index is 0.0394. The minimum Gasteiger partial charge on any atom is -0.496 e. The number of carbonyl (C=O) groups excluding carboxylic acids is 1. The molecule has 2 rings (SSSR count). The van der Waals surface area contributed by atoms with E-state index in [9.17, 15) is 4.79 Å². The zero-order valence-corrected chi connectivity index (χ0v) is 13.8. The van der Waals surface area contributed by atoms with E-state index in [1.54, 1.807) is 25.3 Å². The van der Waals surface area contributed by atoms with Crippen molar-refractivity contribution in [2.24, 2.45) is 0 Å². The Morgan fingerprint density at radius 2 is 1.75 bits per heavy atom. The molecule has 104 valence electrons. The van der Waals surface area contributed by atoms with Crippen molar-refractivity contribution in [1.29, 1.82) is 0 Å². The Hall–Kier alpha value is -1.32. The van der Waals surface area contributed by atoms with Crippen molar-refractivity contribution in [2.45, 2.75) is 13.8 Å². The molecule has 0 fully saturated rings. The van der Waals surface area contributed by atoms with Gasteiger partial charge < -0.3 is 4.74 Å². The van der Waals surface area contributed by atoms with Gasteiger partial charge in [-0.2, -0.15) is 0 Å². The molecule has 0 bridgehead atoms. The second-order valence-electron chi connectivity index (χ2n) is 4.60. The first-order valence-corrected chi connectivity index (χ1v) is 7.26. The van der Waals surface area contributed by atoms with E-state index in [-0.39, 0.29) is 5.78 Å². The third-order valence-corrected chi connectivity index (χ3v) is 3.99. The van der Waals surface area contributed by atoms with Crippen molar-refractivity contribution < 1.29 is 9.53 Å². The van der Waals surface area contributed by atoms with Crippen molar-refractivity contribution in [1.82, 2.24) is 0 Å². The van der Waals surface area contributed by atoms with E-state index >= 15 is 0 Å². The Labute approximate surface area is 131 Å². The maximum atomic E-state index is 12.6. The van der Waals surface area contributed by atoms with Gasteiger partial charge in [-0.25, -0.2) is 0 Å². The third kappa shape index (κ3) is 2.89. The van der Waals surface area contributed by atoms with Crippen molar-refractivity contribution >= 4 is 33.3 Å². The second kappa shape index (κ2) is 5.98. The molecule has 0 N–H and O–H groups in total. The zero-order valence-electron chi connectivity index (χ0n) is 11.5. The smallest absolute Gasteiger partial charge is 0.194 e. The number of ether oxygens (including phenoxy) is 1. The van der Waals surface area contributed by atoms with Crippen LogP contribution in [0.3, 0.4) is 0 Å². The summed E-state index contributed by atoms with van der Waals surface area (Å²) >= 11 is 9.28. The van der Waals surface area contributed by atoms with Crippen LogP contribution >= 0.6 is 27.5 Å². The van der Waals surface area contributed by atoms with Crippen LogP contribution in [-0.4, -0.2) is 12.9 Å². The number of halogens is 2. The van der Waals surface area contributed by atoms with Gasteiger partial charge >= 0.3 is 0 Å². The molecule has 0 aliphatic rings. The number of methoxy groups -OCH3 is 1. The van der Waals surface area contributed by atoms with Crippen molar-refractivity contribution in [2.75, 3.05) is 7.11 Å². The number of rotatable bonds is 3. The maximum Gasteiger partial charge on any atom is 0.194 e. The van der Waals surface area contributed by atoms with Crippen LogP contribution in [0, 0.1) is 13.8 Å². The molecular weight excluding hydrogens is 340 g/mol. The normalized spacial score (nSPS) is 10.4. The summed E-state index contributed by atoms with van der Waals surface area (Å²) in [6.07, 6.45) is 0. The van der Waals surface area contributed by atoms with Gasteiger partial charge in [0.05, 0.1) is 7.11 Å². The largest absolute Gasteiger partial charge is 0.496 e. The summed E-state index contributed by atoms with van der Waals surface area (Å²) in [5.41, 5.74) is 3.13. The van der Waals surface area contributed by atoms with Crippen LogP contribution in [-0.2, 0) is 0 Å². The van der Waals surface area contributed by atoms with E-state index in [0.717, 1.165) is 16.9 Å². The average molecular weight is 354 g/mol. The molecule has 0 unspecified atom stereocenters. The first kappa shape index (κ1) is 15.1. The molecule has 2 nitrogen and oxygen atoms in total. The standard InChI is InChI=1S/C16H14BrClO2/c1-9-6-11(7-10(2)16(9)20-3)15(19)13-5-4-12(18)8-14(13)17/h4-8H,1-3H3. The monoisotopic (exact) mass is 352 g/mol. The van der Waals surface area contributed by atoms with Crippen molar-refractivity contribution in [3.05, 3.63) is 62.1 Å². The molecule has 0 amide bonds. The number of carbonyl (C=O) groups is 1. The highest BCUT2D eigenvalue weighted by molar-refractivity contribution is 9.10. The molecule has 0 aromatic heterocycles. The molecule has 0 spiro atoms. The predicted octanol–water partition coefficient (Wildman–Crippen LogP) is 4.96. The van der Waals surface area contributed by atoms with E-state index in [1.165, 1.54) is 0 Å². The Balaban J connectivity index is 2.49. The van der Waals surface area contributed by atoms with E-state index < -0.39 is 0 Å². The molecule has 0 saturated heterocycles. The summed E-state index contributed by atoms with van der Waals surface area (Å²) in [7, 11) is 1.63. The molecule has 0 saturated carbocycles. The van der Waals surface area contributed by atoms with Crippen LogP contribution in [0.1, 0.15) is 27.0 Å². The van der Waals surface area contributed by atoms with Gasteiger partial charge in [0.2, 0.25) is 0 Å². The fourth-order valence-electron chi connectivity index (χ4n) is 2.23. The first-order valence-electron chi connectivity index (χ1n) is 6.09. The van der Waals surface area contributed by atoms with E-state index in [1.807, 2.05) is 26.0 Å². The maximum absolute atomic E-state index is 12.6. The zero-order chi connectivity index (χ0) is 14.9. The van der Waals surface area contributed by atoms with E-state index in [2.05, 4.69) is 15.9 Å². The molecule has 4 heteroatoms. The number of benzene rings is 2. The van der Waals surface area contributed by atoms with Gasteiger partial charge in [0.1, 0.15) is 5.75 Å². The van der Waals surface area contributed by atoms with Gasteiger partial charge in [-0.1, -0.05) is 11.6 Å². The molecule has 0 aliphatic carbocycles. The SMILES string of the molecule is COc1c(C)cc(C(=O)c2ccc(Cl)cc2Br)cc1C. The average Bonchev–Trinajstić information content (AvgIpc) is 2.37. The van der Waals surface area contributed by atoms with Crippen LogP contribution in [0.25, 0.3) is 0 Å². The fraction of sp³-hybridized carbons (Fsp3) is 0.188. The van der Waals surface area contributed by atoms with Gasteiger partial charge in [0.15, 0.2) is 5.78 Å². The lowest BCUT2D eigenvalue weighted by atomic mass is 9.98. The number of hydrogen-bond donors (Lipinski definition) is 0. The molecular formula is C16H14BrClO2. The lowest BCUT2D eigenvalue weighted by Crippen LogP contribution is -2.04. The fourth-order valence-corrected chi connectivity index (χ4v) is 3.10. The van der Waals surface area contributed by atoms with Gasteiger partial charge in [0.25, 0.3) is 0 Å². The van der Waals surface area contributed by atoms with Gasteiger partial charge in [-0.05, 0) is 71.2 Å². The highest BCUT2D eigenvalue weighted by atomic mass is 79.9. The minimum atomic E-state index is -0.0394. The van der Waals surface area contributed by atoms with Gasteiger partial charge in [-0.3, -0.25) is 4.79 Å². The predicted molar refractivity (Wildman–Crippen MR) is 85.1 cm³/mol. The summed E-state index contributed by atoms with van der Waals surface area (Å²) in [6.45, 7) is 3.86. The quantitative estimate of drug-likeness (QED) is 0.729. The van der Waals surface area contributed by atoms with Crippen molar-refractivity contribution in [3.8, 4) is 5.75 Å². The highest BCUT2D eigenvalue weighted by Crippen LogP contribution is 2.28. The van der Waals surface area contributed by atoms with Crippen LogP contribution in [0.15, 0.2) is 34.8 Å². The van der Waals surface area contributed by atoms with Gasteiger partial charge in [-0.15, -0.1) is 0 Å². The Morgan fingerprint density at radius 3 is 2.25 bits per heavy atom. The lowest BCUT2D eigenvalue weighted by molar-refractivity contribution is 0.103. The Morgan fingerprint density at radius 1 is 1.15 bits per heavy atom. The Kier molecular flexibility index (Phi) is 4.51. The van der Waals surface area contributed by atoms with Crippen LogP contribution in [0.2, 0.25) is 5.02 Å². The number of hydrogen-bond acceptors (Lipinski definition) is 2. The van der Waals surface area contributed by atoms with Crippen LogP contribution in [0.5, 0.6) is 5.75 Å². The molecule has 0 atom stereocenters. The van der Waals surface area contributed by atoms with Gasteiger partial charge in [0, 0.05) is 20.6 Å². The third-order valence-electron chi connectivity index (χ3n) is 3.10. The summed E-state index contributed by atoms with van der Waals surface area (Å²) in [5, 5.41) is 0.593. The molecule has 0 heterocycles. The summed E-state index contributed by atoms with van der Waals surface area (Å²) in [4.78, 5) is 12.6. The summed E-state index contributed by atoms with van der Waals surface area (Å²) in [5.74, 6) is 0.777. The highest BCUT2D eigenvalue weighted by Gasteiger charge is 2.15. The van der Waals surface area contributed by atoms with Crippen LogP contribution in [0.4, 0.5) is 0 Å². The van der Waals surface area contributed by atoms with Crippen molar-refractivity contribution in [3.63, 3.8) is 0 Å². The molecule has 2 aromatic carbocycles. The molecule has 0 aliphatic heterocycles. The first-order chi connectivity index (χ1) is 9.43. The number of ketones is 1. The van der Waals surface area contributed by atoms with E-state index in [0.29, 0.717) is 20.6 Å².